The summed E-state index contributed by atoms with van der Waals surface area (Å²) in [5.74, 6) is 1.52. The second-order valence-corrected chi connectivity index (χ2v) is 5.17. The van der Waals surface area contributed by atoms with Gasteiger partial charge in [0.1, 0.15) is 5.76 Å². The van der Waals surface area contributed by atoms with Gasteiger partial charge < -0.3 is 14.8 Å². The first-order chi connectivity index (χ1) is 8.29. The number of aliphatic hydroxyl groups is 1. The quantitative estimate of drug-likeness (QED) is 0.798. The van der Waals surface area contributed by atoms with E-state index >= 15 is 0 Å². The third kappa shape index (κ3) is 3.58. The van der Waals surface area contributed by atoms with Gasteiger partial charge in [0.2, 0.25) is 0 Å². The average molecular weight is 237 g/mol. The van der Waals surface area contributed by atoms with Crippen LogP contribution in [0.15, 0.2) is 22.8 Å². The highest BCUT2D eigenvalue weighted by molar-refractivity contribution is 4.98. The predicted molar refractivity (Wildman–Crippen MR) is 67.8 cm³/mol. The van der Waals surface area contributed by atoms with Crippen LogP contribution in [-0.4, -0.2) is 23.8 Å². The highest BCUT2D eigenvalue weighted by atomic mass is 16.3. The molecule has 0 amide bonds. The number of furan rings is 1. The Morgan fingerprint density at radius 3 is 3.12 bits per heavy atom. The van der Waals surface area contributed by atoms with Crippen molar-refractivity contribution in [3.63, 3.8) is 0 Å². The van der Waals surface area contributed by atoms with Gasteiger partial charge in [0.25, 0.3) is 0 Å². The Morgan fingerprint density at radius 2 is 2.41 bits per heavy atom. The third-order valence-corrected chi connectivity index (χ3v) is 3.80. The molecule has 17 heavy (non-hydrogen) atoms. The zero-order chi connectivity index (χ0) is 12.1. The highest BCUT2D eigenvalue weighted by Gasteiger charge is 2.27. The minimum absolute atomic E-state index is 0.322. The summed E-state index contributed by atoms with van der Waals surface area (Å²) in [6, 6.07) is 4.95. The van der Waals surface area contributed by atoms with Gasteiger partial charge in [0.15, 0.2) is 0 Å². The van der Waals surface area contributed by atoms with Crippen molar-refractivity contribution in [2.24, 2.45) is 5.92 Å². The fourth-order valence-corrected chi connectivity index (χ4v) is 2.74. The van der Waals surface area contributed by atoms with E-state index in [1.165, 1.54) is 19.3 Å². The van der Waals surface area contributed by atoms with Crippen molar-refractivity contribution in [3.05, 3.63) is 24.2 Å². The number of aliphatic hydroxyl groups excluding tert-OH is 1. The maximum absolute atomic E-state index is 9.27. The van der Waals surface area contributed by atoms with Crippen molar-refractivity contribution in [3.8, 4) is 0 Å². The molecule has 96 valence electrons. The molecular formula is C14H23NO2. The normalized spacial score (nSPS) is 26.2. The molecule has 3 unspecified atom stereocenters. The van der Waals surface area contributed by atoms with E-state index in [1.807, 2.05) is 12.1 Å². The van der Waals surface area contributed by atoms with Crippen LogP contribution in [0.4, 0.5) is 0 Å². The summed E-state index contributed by atoms with van der Waals surface area (Å²) in [4.78, 5) is 0. The van der Waals surface area contributed by atoms with E-state index in [1.54, 1.807) is 6.26 Å². The lowest BCUT2D eigenvalue weighted by Crippen LogP contribution is -2.40. The van der Waals surface area contributed by atoms with Crippen molar-refractivity contribution in [2.45, 2.75) is 51.1 Å². The van der Waals surface area contributed by atoms with Crippen LogP contribution in [0.25, 0.3) is 0 Å². The molecule has 2 rings (SSSR count). The fraction of sp³-hybridized carbons (Fsp3) is 0.714. The summed E-state index contributed by atoms with van der Waals surface area (Å²) in [5.41, 5.74) is 0. The fourth-order valence-electron chi connectivity index (χ4n) is 2.74. The number of nitrogens with one attached hydrogen (secondary N) is 1. The Kier molecular flexibility index (Phi) is 4.63. The maximum atomic E-state index is 9.27. The molecule has 0 bridgehead atoms. The van der Waals surface area contributed by atoms with E-state index in [2.05, 4.69) is 12.2 Å². The summed E-state index contributed by atoms with van der Waals surface area (Å²) in [5, 5.41) is 12.9. The van der Waals surface area contributed by atoms with Gasteiger partial charge in [-0.2, -0.15) is 0 Å². The molecule has 0 spiro atoms. The van der Waals surface area contributed by atoms with E-state index in [9.17, 15) is 5.11 Å². The summed E-state index contributed by atoms with van der Waals surface area (Å²) < 4.78 is 5.33. The molecule has 0 aliphatic heterocycles. The zero-order valence-electron chi connectivity index (χ0n) is 10.6. The molecule has 1 aromatic heterocycles. The average Bonchev–Trinajstić information content (AvgIpc) is 2.97. The molecule has 1 aliphatic rings. The molecule has 3 heteroatoms. The Balaban J connectivity index is 1.71. The largest absolute Gasteiger partial charge is 0.469 e. The van der Waals surface area contributed by atoms with Crippen LogP contribution in [0.5, 0.6) is 0 Å². The van der Waals surface area contributed by atoms with Crippen LogP contribution in [0.2, 0.25) is 0 Å². The van der Waals surface area contributed by atoms with E-state index in [-0.39, 0.29) is 0 Å². The number of hydrogen-bond donors (Lipinski definition) is 2. The van der Waals surface area contributed by atoms with Gasteiger partial charge in [-0.25, -0.2) is 0 Å². The first-order valence-corrected chi connectivity index (χ1v) is 6.69. The summed E-state index contributed by atoms with van der Waals surface area (Å²) in [6.45, 7) is 2.54. The zero-order valence-corrected chi connectivity index (χ0v) is 10.6. The van der Waals surface area contributed by atoms with Crippen LogP contribution < -0.4 is 5.32 Å². The van der Waals surface area contributed by atoms with Crippen molar-refractivity contribution in [1.82, 2.24) is 5.32 Å². The molecule has 0 saturated heterocycles. The smallest absolute Gasteiger partial charge is 0.103 e. The molecule has 1 saturated carbocycles. The van der Waals surface area contributed by atoms with Crippen molar-refractivity contribution in [2.75, 3.05) is 6.61 Å². The standard InChI is InChI=1S/C14H23NO2/c1-11(7-8-13-5-3-9-17-13)15-14-6-2-4-12(14)10-16/h3,5,9,11-12,14-16H,2,4,6-8,10H2,1H3. The lowest BCUT2D eigenvalue weighted by molar-refractivity contribution is 0.199. The molecule has 1 aliphatic carbocycles. The molecular weight excluding hydrogens is 214 g/mol. The van der Waals surface area contributed by atoms with Crippen molar-refractivity contribution >= 4 is 0 Å². The lowest BCUT2D eigenvalue weighted by Gasteiger charge is -2.23. The summed E-state index contributed by atoms with van der Waals surface area (Å²) in [7, 11) is 0. The summed E-state index contributed by atoms with van der Waals surface area (Å²) in [6.07, 6.45) is 7.41. The monoisotopic (exact) mass is 237 g/mol. The first kappa shape index (κ1) is 12.7. The van der Waals surface area contributed by atoms with Gasteiger partial charge in [-0.3, -0.25) is 0 Å². The van der Waals surface area contributed by atoms with Gasteiger partial charge in [-0.15, -0.1) is 0 Å². The van der Waals surface area contributed by atoms with Crippen LogP contribution in [0.1, 0.15) is 38.4 Å². The second kappa shape index (κ2) is 6.22. The van der Waals surface area contributed by atoms with E-state index in [4.69, 9.17) is 4.42 Å². The number of aryl methyl sites for hydroxylation is 1. The van der Waals surface area contributed by atoms with Gasteiger partial charge >= 0.3 is 0 Å². The van der Waals surface area contributed by atoms with E-state index in [0.717, 1.165) is 18.6 Å². The van der Waals surface area contributed by atoms with Crippen LogP contribution in [0.3, 0.4) is 0 Å². The van der Waals surface area contributed by atoms with E-state index < -0.39 is 0 Å². The van der Waals surface area contributed by atoms with Crippen molar-refractivity contribution < 1.29 is 9.52 Å². The Bertz CT molecular complexity index is 310. The molecule has 3 atom stereocenters. The minimum atomic E-state index is 0.322. The Labute approximate surface area is 103 Å². The van der Waals surface area contributed by atoms with Crippen LogP contribution in [0, 0.1) is 5.92 Å². The van der Waals surface area contributed by atoms with Crippen LogP contribution in [-0.2, 0) is 6.42 Å². The van der Waals surface area contributed by atoms with Gasteiger partial charge in [-0.1, -0.05) is 6.42 Å². The second-order valence-electron chi connectivity index (χ2n) is 5.17. The van der Waals surface area contributed by atoms with E-state index in [0.29, 0.717) is 24.6 Å². The minimum Gasteiger partial charge on any atom is -0.469 e. The maximum Gasteiger partial charge on any atom is 0.103 e. The lowest BCUT2D eigenvalue weighted by atomic mass is 10.0. The van der Waals surface area contributed by atoms with Gasteiger partial charge in [-0.05, 0) is 44.2 Å². The topological polar surface area (TPSA) is 45.4 Å². The number of rotatable bonds is 6. The molecule has 2 N–H and O–H groups in total. The predicted octanol–water partition coefficient (Wildman–Crippen LogP) is 2.35. The van der Waals surface area contributed by atoms with Crippen molar-refractivity contribution in [1.29, 1.82) is 0 Å². The molecule has 1 aromatic rings. The Morgan fingerprint density at radius 1 is 1.53 bits per heavy atom. The first-order valence-electron chi connectivity index (χ1n) is 6.69. The molecule has 1 heterocycles. The Hall–Kier alpha value is -0.800. The summed E-state index contributed by atoms with van der Waals surface area (Å²) >= 11 is 0. The molecule has 1 fully saturated rings. The highest BCUT2D eigenvalue weighted by Crippen LogP contribution is 2.25. The molecule has 0 radical (unpaired) electrons. The number of hydrogen-bond acceptors (Lipinski definition) is 3. The molecule has 3 nitrogen and oxygen atoms in total. The third-order valence-electron chi connectivity index (χ3n) is 3.80. The van der Waals surface area contributed by atoms with Crippen LogP contribution >= 0.6 is 0 Å². The SMILES string of the molecule is CC(CCc1ccco1)NC1CCCC1CO. The van der Waals surface area contributed by atoms with Gasteiger partial charge in [0.05, 0.1) is 6.26 Å². The van der Waals surface area contributed by atoms with Gasteiger partial charge in [0, 0.05) is 25.1 Å². The molecule has 0 aromatic carbocycles.